The van der Waals surface area contributed by atoms with Crippen LogP contribution in [0.4, 0.5) is 0 Å². The fourth-order valence-corrected chi connectivity index (χ4v) is 3.32. The van der Waals surface area contributed by atoms with Crippen molar-refractivity contribution < 1.29 is 4.74 Å². The molecule has 3 aromatic rings. The van der Waals surface area contributed by atoms with Gasteiger partial charge in [0, 0.05) is 33.1 Å². The van der Waals surface area contributed by atoms with Crippen LogP contribution in [0.25, 0.3) is 21.8 Å². The largest absolute Gasteiger partial charge is 0.376 e. The van der Waals surface area contributed by atoms with E-state index in [-0.39, 0.29) is 17.2 Å². The third-order valence-electron chi connectivity index (χ3n) is 4.65. The molecule has 0 amide bonds. The van der Waals surface area contributed by atoms with Crippen molar-refractivity contribution in [1.29, 1.82) is 0 Å². The molecule has 0 unspecified atom stereocenters. The molecule has 130 valence electrons. The normalized spacial score (nSPS) is 17.4. The average Bonchev–Trinajstić information content (AvgIpc) is 3.09. The summed E-state index contributed by atoms with van der Waals surface area (Å²) in [6.07, 6.45) is 5.51. The van der Waals surface area contributed by atoms with Gasteiger partial charge in [0.25, 0.3) is 11.1 Å². The van der Waals surface area contributed by atoms with E-state index in [0.717, 1.165) is 19.4 Å². The number of pyridine rings is 3. The third kappa shape index (κ3) is 2.70. The molecule has 3 aromatic heterocycles. The molecule has 0 spiro atoms. The lowest BCUT2D eigenvalue weighted by Gasteiger charge is -2.16. The molecule has 4 rings (SSSR count). The van der Waals surface area contributed by atoms with Crippen LogP contribution in [0.3, 0.4) is 0 Å². The maximum atomic E-state index is 12.8. The van der Waals surface area contributed by atoms with Crippen molar-refractivity contribution in [3.63, 3.8) is 0 Å². The summed E-state index contributed by atoms with van der Waals surface area (Å²) in [5.74, 6) is 0. The lowest BCUT2D eigenvalue weighted by Crippen LogP contribution is -2.35. The monoisotopic (exact) mass is 340 g/mol. The summed E-state index contributed by atoms with van der Waals surface area (Å²) in [6, 6.07) is 5.27. The average molecular weight is 340 g/mol. The molecule has 0 saturated carbocycles. The number of hydrogen-bond acceptors (Lipinski definition) is 5. The van der Waals surface area contributed by atoms with E-state index in [9.17, 15) is 9.59 Å². The van der Waals surface area contributed by atoms with E-state index in [2.05, 4.69) is 4.98 Å². The van der Waals surface area contributed by atoms with Crippen LogP contribution >= 0.6 is 0 Å². The number of nitrogens with zero attached hydrogens (tertiary/aromatic N) is 4. The molecular weight excluding hydrogens is 320 g/mol. The minimum Gasteiger partial charge on any atom is -0.376 e. The number of hydrogen-bond donors (Lipinski definition) is 0. The number of ether oxygens (including phenoxy) is 1. The summed E-state index contributed by atoms with van der Waals surface area (Å²) in [5, 5.41) is 2.59. The quantitative estimate of drug-likeness (QED) is 0.668. The van der Waals surface area contributed by atoms with Crippen LogP contribution in [-0.4, -0.2) is 41.0 Å². The number of aromatic nitrogens is 3. The summed E-state index contributed by atoms with van der Waals surface area (Å²) in [7, 11) is 3.58. The fourth-order valence-electron chi connectivity index (χ4n) is 3.32. The first-order valence-corrected chi connectivity index (χ1v) is 8.39. The number of rotatable bonds is 3. The van der Waals surface area contributed by atoms with Crippen LogP contribution < -0.4 is 16.1 Å². The second-order valence-electron chi connectivity index (χ2n) is 6.57. The van der Waals surface area contributed by atoms with Crippen LogP contribution in [0, 0.1) is 0 Å². The molecule has 1 fully saturated rings. The zero-order chi connectivity index (χ0) is 17.6. The molecule has 1 aliphatic rings. The van der Waals surface area contributed by atoms with Gasteiger partial charge in [0.05, 0.1) is 34.5 Å². The first-order chi connectivity index (χ1) is 12.0. The van der Waals surface area contributed by atoms with E-state index in [0.29, 0.717) is 28.4 Å². The van der Waals surface area contributed by atoms with Crippen molar-refractivity contribution >= 4 is 21.8 Å². The summed E-state index contributed by atoms with van der Waals surface area (Å²) >= 11 is 0. The highest BCUT2D eigenvalue weighted by Crippen LogP contribution is 2.16. The Kier molecular flexibility index (Phi) is 3.80. The van der Waals surface area contributed by atoms with E-state index < -0.39 is 0 Å². The fraction of sp³-hybridized carbons (Fsp3) is 0.389. The highest BCUT2D eigenvalue weighted by molar-refractivity contribution is 5.91. The molecule has 7 nitrogen and oxygen atoms in total. The molecule has 1 atom stereocenters. The molecule has 4 heterocycles. The standard InChI is InChI=1S/C18H20N4O3/c1-20(2)22-8-6-16-14(18(22)24)10-13-15(19-16)5-7-21(17(13)23)11-12-4-3-9-25-12/h5-8,10,12H,3-4,9,11H2,1-2H3/t12-/m0/s1. The predicted octanol–water partition coefficient (Wildman–Crippen LogP) is 1.09. The summed E-state index contributed by atoms with van der Waals surface area (Å²) in [5.41, 5.74) is 0.864. The molecule has 0 radical (unpaired) electrons. The highest BCUT2D eigenvalue weighted by Gasteiger charge is 2.17. The molecule has 0 N–H and O–H groups in total. The van der Waals surface area contributed by atoms with Crippen molar-refractivity contribution in [1.82, 2.24) is 14.2 Å². The van der Waals surface area contributed by atoms with Gasteiger partial charge in [0.1, 0.15) is 0 Å². The van der Waals surface area contributed by atoms with Crippen LogP contribution in [-0.2, 0) is 11.3 Å². The van der Waals surface area contributed by atoms with Crippen molar-refractivity contribution in [3.8, 4) is 0 Å². The van der Waals surface area contributed by atoms with Gasteiger partial charge in [-0.3, -0.25) is 9.59 Å². The lowest BCUT2D eigenvalue weighted by atomic mass is 10.2. The van der Waals surface area contributed by atoms with E-state index in [1.807, 2.05) is 6.07 Å². The van der Waals surface area contributed by atoms with Gasteiger partial charge >= 0.3 is 0 Å². The summed E-state index contributed by atoms with van der Waals surface area (Å²) in [6.45, 7) is 1.28. The van der Waals surface area contributed by atoms with E-state index >= 15 is 0 Å². The Hall–Kier alpha value is -2.67. The van der Waals surface area contributed by atoms with E-state index in [1.54, 1.807) is 48.2 Å². The molecule has 0 bridgehead atoms. The van der Waals surface area contributed by atoms with Gasteiger partial charge in [-0.15, -0.1) is 0 Å². The topological polar surface area (TPSA) is 69.4 Å². The summed E-state index contributed by atoms with van der Waals surface area (Å²) in [4.78, 5) is 30.0. The van der Waals surface area contributed by atoms with Crippen molar-refractivity contribution in [2.24, 2.45) is 0 Å². The Morgan fingerprint density at radius 2 is 1.88 bits per heavy atom. The Morgan fingerprint density at radius 1 is 1.16 bits per heavy atom. The summed E-state index contributed by atoms with van der Waals surface area (Å²) < 4.78 is 8.76. The smallest absolute Gasteiger partial charge is 0.278 e. The van der Waals surface area contributed by atoms with Gasteiger partial charge in [-0.05, 0) is 31.0 Å². The molecule has 1 saturated heterocycles. The van der Waals surface area contributed by atoms with Crippen LogP contribution in [0.2, 0.25) is 0 Å². The number of fused-ring (bicyclic) bond motifs is 2. The highest BCUT2D eigenvalue weighted by atomic mass is 16.5. The van der Waals surface area contributed by atoms with E-state index in [1.165, 1.54) is 4.68 Å². The minimum absolute atomic E-state index is 0.0783. The van der Waals surface area contributed by atoms with Crippen molar-refractivity contribution in [3.05, 3.63) is 51.3 Å². The SMILES string of the molecule is CN(C)n1ccc2nc3ccn(C[C@@H]4CCCO4)c(=O)c3cc2c1=O. The van der Waals surface area contributed by atoms with Crippen molar-refractivity contribution in [2.45, 2.75) is 25.5 Å². The van der Waals surface area contributed by atoms with Gasteiger partial charge in [-0.25, -0.2) is 9.66 Å². The lowest BCUT2D eigenvalue weighted by molar-refractivity contribution is 0.0963. The Morgan fingerprint density at radius 3 is 2.56 bits per heavy atom. The van der Waals surface area contributed by atoms with Gasteiger partial charge < -0.3 is 14.3 Å². The van der Waals surface area contributed by atoms with Crippen LogP contribution in [0.5, 0.6) is 0 Å². The first kappa shape index (κ1) is 15.8. The van der Waals surface area contributed by atoms with Crippen molar-refractivity contribution in [2.75, 3.05) is 25.7 Å². The molecule has 25 heavy (non-hydrogen) atoms. The molecule has 1 aliphatic heterocycles. The minimum atomic E-state index is -0.189. The second-order valence-corrected chi connectivity index (χ2v) is 6.57. The Balaban J connectivity index is 1.89. The van der Waals surface area contributed by atoms with E-state index in [4.69, 9.17) is 4.74 Å². The molecule has 0 aromatic carbocycles. The Bertz CT molecular complexity index is 1060. The van der Waals surface area contributed by atoms with Gasteiger partial charge in [-0.1, -0.05) is 0 Å². The van der Waals surface area contributed by atoms with Gasteiger partial charge in [0.2, 0.25) is 0 Å². The van der Waals surface area contributed by atoms with Crippen LogP contribution in [0.15, 0.2) is 40.2 Å². The zero-order valence-corrected chi connectivity index (χ0v) is 14.3. The maximum Gasteiger partial charge on any atom is 0.278 e. The molecular formula is C18H20N4O3. The third-order valence-corrected chi connectivity index (χ3v) is 4.65. The van der Waals surface area contributed by atoms with Gasteiger partial charge in [-0.2, -0.15) is 0 Å². The first-order valence-electron chi connectivity index (χ1n) is 8.39. The Labute approximate surface area is 144 Å². The van der Waals surface area contributed by atoms with Crippen LogP contribution in [0.1, 0.15) is 12.8 Å². The predicted molar refractivity (Wildman–Crippen MR) is 96.8 cm³/mol. The van der Waals surface area contributed by atoms with Gasteiger partial charge in [0.15, 0.2) is 0 Å². The zero-order valence-electron chi connectivity index (χ0n) is 14.3. The second kappa shape index (κ2) is 6.00. The molecule has 0 aliphatic carbocycles. The maximum absolute atomic E-state index is 12.8. The molecule has 7 heteroatoms.